The zero-order chi connectivity index (χ0) is 21.4. The summed E-state index contributed by atoms with van der Waals surface area (Å²) in [7, 11) is 0. The molecule has 5 aromatic rings. The molecule has 0 aliphatic carbocycles. The molecule has 3 aromatic heterocycles. The van der Waals surface area contributed by atoms with Gasteiger partial charge >= 0.3 is 6.36 Å². The van der Waals surface area contributed by atoms with Crippen LogP contribution in [0.1, 0.15) is 5.56 Å². The second kappa shape index (κ2) is 7.35. The van der Waals surface area contributed by atoms with E-state index in [0.717, 1.165) is 16.5 Å². The molecule has 0 fully saturated rings. The third kappa shape index (κ3) is 4.02. The first-order valence-corrected chi connectivity index (χ1v) is 9.32. The van der Waals surface area contributed by atoms with E-state index < -0.39 is 6.36 Å². The highest BCUT2D eigenvalue weighted by Gasteiger charge is 2.31. The highest BCUT2D eigenvalue weighted by Crippen LogP contribution is 2.26. The van der Waals surface area contributed by atoms with Crippen LogP contribution < -0.4 is 4.74 Å². The van der Waals surface area contributed by atoms with E-state index in [9.17, 15) is 13.2 Å². The lowest BCUT2D eigenvalue weighted by Gasteiger charge is -2.09. The van der Waals surface area contributed by atoms with Gasteiger partial charge in [-0.05, 0) is 48.0 Å². The summed E-state index contributed by atoms with van der Waals surface area (Å²) in [6.07, 6.45) is 0.235. The number of imidazole rings is 1. The molecule has 0 amide bonds. The molecule has 0 unspecified atom stereocenters. The normalized spacial score (nSPS) is 11.8. The van der Waals surface area contributed by atoms with Crippen molar-refractivity contribution in [2.45, 2.75) is 12.9 Å². The van der Waals surface area contributed by atoms with Crippen LogP contribution in [0, 0.1) is 0 Å². The van der Waals surface area contributed by atoms with Gasteiger partial charge in [0.1, 0.15) is 5.75 Å². The monoisotopic (exact) mass is 421 g/mol. The van der Waals surface area contributed by atoms with Gasteiger partial charge in [0.15, 0.2) is 11.3 Å². The summed E-state index contributed by atoms with van der Waals surface area (Å²) in [4.78, 5) is 17.6. The second-order valence-electron chi connectivity index (χ2n) is 6.88. The third-order valence-electron chi connectivity index (χ3n) is 4.73. The number of alkyl halides is 3. The van der Waals surface area contributed by atoms with Crippen molar-refractivity contribution in [3.05, 3.63) is 78.9 Å². The molecule has 0 atom stereocenters. The van der Waals surface area contributed by atoms with Gasteiger partial charge in [-0.2, -0.15) is 0 Å². The number of nitrogens with zero attached hydrogens (tertiary/aromatic N) is 5. The van der Waals surface area contributed by atoms with Crippen LogP contribution in [0.2, 0.25) is 0 Å². The number of fused-ring (bicyclic) bond motifs is 2. The van der Waals surface area contributed by atoms with Crippen LogP contribution in [0.3, 0.4) is 0 Å². The Balaban J connectivity index is 1.45. The molecule has 3 heterocycles. The van der Waals surface area contributed by atoms with E-state index in [1.54, 1.807) is 18.7 Å². The molecule has 6 nitrogen and oxygen atoms in total. The van der Waals surface area contributed by atoms with E-state index in [1.165, 1.54) is 24.3 Å². The first-order chi connectivity index (χ1) is 14.9. The van der Waals surface area contributed by atoms with Crippen LogP contribution in [-0.2, 0) is 6.54 Å². The van der Waals surface area contributed by atoms with Gasteiger partial charge in [-0.15, -0.1) is 13.2 Å². The van der Waals surface area contributed by atoms with Crippen LogP contribution in [0.4, 0.5) is 13.2 Å². The van der Waals surface area contributed by atoms with Gasteiger partial charge in [-0.25, -0.2) is 15.0 Å². The maximum absolute atomic E-state index is 12.4. The lowest BCUT2D eigenvalue weighted by atomic mass is 10.1. The van der Waals surface area contributed by atoms with Crippen molar-refractivity contribution in [1.29, 1.82) is 0 Å². The van der Waals surface area contributed by atoms with Gasteiger partial charge < -0.3 is 9.30 Å². The molecule has 5 rings (SSSR count). The number of benzene rings is 2. The second-order valence-corrected chi connectivity index (χ2v) is 6.88. The van der Waals surface area contributed by atoms with Crippen LogP contribution in [-0.4, -0.2) is 30.9 Å². The van der Waals surface area contributed by atoms with Crippen LogP contribution >= 0.6 is 0 Å². The summed E-state index contributed by atoms with van der Waals surface area (Å²) in [5.41, 5.74) is 4.19. The predicted molar refractivity (Wildman–Crippen MR) is 108 cm³/mol. The number of hydrogen-bond acceptors (Lipinski definition) is 5. The van der Waals surface area contributed by atoms with Gasteiger partial charge in [0, 0.05) is 17.1 Å². The summed E-state index contributed by atoms with van der Waals surface area (Å²) in [6, 6.07) is 15.4. The minimum atomic E-state index is -4.73. The lowest BCUT2D eigenvalue weighted by Crippen LogP contribution is -2.16. The van der Waals surface area contributed by atoms with Gasteiger partial charge in [0.25, 0.3) is 0 Å². The van der Waals surface area contributed by atoms with Gasteiger partial charge in [-0.3, -0.25) is 4.98 Å². The first kappa shape index (κ1) is 19.0. The molecule has 0 radical (unpaired) electrons. The van der Waals surface area contributed by atoms with Crippen molar-refractivity contribution >= 4 is 22.2 Å². The zero-order valence-corrected chi connectivity index (χ0v) is 15.9. The van der Waals surface area contributed by atoms with Crippen molar-refractivity contribution in [2.24, 2.45) is 0 Å². The number of pyridine rings is 1. The molecule has 154 valence electrons. The van der Waals surface area contributed by atoms with Gasteiger partial charge in [0.2, 0.25) is 0 Å². The molecule has 0 N–H and O–H groups in total. The number of halogens is 3. The van der Waals surface area contributed by atoms with Crippen molar-refractivity contribution in [3.8, 4) is 17.0 Å². The van der Waals surface area contributed by atoms with Crippen LogP contribution in [0.25, 0.3) is 33.5 Å². The molecule has 31 heavy (non-hydrogen) atoms. The summed E-state index contributed by atoms with van der Waals surface area (Å²) < 4.78 is 42.9. The lowest BCUT2D eigenvalue weighted by molar-refractivity contribution is -0.274. The Morgan fingerprint density at radius 1 is 0.935 bits per heavy atom. The highest BCUT2D eigenvalue weighted by atomic mass is 19.4. The molecule has 0 spiro atoms. The zero-order valence-electron chi connectivity index (χ0n) is 15.9. The molecule has 2 aromatic carbocycles. The summed E-state index contributed by atoms with van der Waals surface area (Å²) >= 11 is 0. The van der Waals surface area contributed by atoms with E-state index >= 15 is 0 Å². The Kier molecular flexibility index (Phi) is 4.50. The number of rotatable bonds is 4. The summed E-state index contributed by atoms with van der Waals surface area (Å²) in [5, 5.41) is 1.04. The topological polar surface area (TPSA) is 65.7 Å². The van der Waals surface area contributed by atoms with Crippen molar-refractivity contribution in [2.75, 3.05) is 0 Å². The molecule has 0 aliphatic rings. The Morgan fingerprint density at radius 2 is 1.77 bits per heavy atom. The summed E-state index contributed by atoms with van der Waals surface area (Å²) in [6.45, 7) is 0.540. The Labute approximate surface area is 174 Å². The smallest absolute Gasteiger partial charge is 0.406 e. The molecule has 0 saturated carbocycles. The Morgan fingerprint density at radius 3 is 2.58 bits per heavy atom. The number of ether oxygens (including phenoxy) is 1. The minimum Gasteiger partial charge on any atom is -0.406 e. The largest absolute Gasteiger partial charge is 0.573 e. The molecule has 0 bridgehead atoms. The first-order valence-electron chi connectivity index (χ1n) is 9.32. The van der Waals surface area contributed by atoms with E-state index in [2.05, 4.69) is 30.7 Å². The fraction of sp³-hybridized carbons (Fsp3) is 0.0909. The van der Waals surface area contributed by atoms with E-state index in [0.29, 0.717) is 29.1 Å². The fourth-order valence-corrected chi connectivity index (χ4v) is 3.34. The van der Waals surface area contributed by atoms with Crippen molar-refractivity contribution in [1.82, 2.24) is 24.5 Å². The SMILES string of the molecule is FC(F)(F)Oc1ccc(-c2cnc3ncn(Cc4ccc5ncccc5c4)c3n2)cc1. The minimum absolute atomic E-state index is 0.291. The number of hydrogen-bond donors (Lipinski definition) is 0. The maximum Gasteiger partial charge on any atom is 0.573 e. The molecule has 9 heteroatoms. The molecule has 0 saturated heterocycles. The Hall–Kier alpha value is -4.01. The molecule has 0 aliphatic heterocycles. The average molecular weight is 421 g/mol. The van der Waals surface area contributed by atoms with E-state index in [1.807, 2.05) is 28.8 Å². The van der Waals surface area contributed by atoms with Gasteiger partial charge in [0.05, 0.1) is 30.3 Å². The maximum atomic E-state index is 12.4. The van der Waals surface area contributed by atoms with Crippen LogP contribution in [0.5, 0.6) is 5.75 Å². The van der Waals surface area contributed by atoms with Crippen LogP contribution in [0.15, 0.2) is 73.3 Å². The summed E-state index contributed by atoms with van der Waals surface area (Å²) in [5.74, 6) is -0.291. The quantitative estimate of drug-likeness (QED) is 0.409. The van der Waals surface area contributed by atoms with E-state index in [-0.39, 0.29) is 5.75 Å². The standard InChI is InChI=1S/C22H14F3N5O/c23-22(24,25)31-17-6-4-15(5-7-17)19-11-27-20-21(29-19)30(13-28-20)12-14-3-8-18-16(10-14)2-1-9-26-18/h1-11,13H,12H2. The third-order valence-corrected chi connectivity index (χ3v) is 4.73. The van der Waals surface area contributed by atoms with E-state index in [4.69, 9.17) is 0 Å². The molecular formula is C22H14F3N5O. The molecular weight excluding hydrogens is 407 g/mol. The fourth-order valence-electron chi connectivity index (χ4n) is 3.34. The van der Waals surface area contributed by atoms with Crippen molar-refractivity contribution < 1.29 is 17.9 Å². The highest BCUT2D eigenvalue weighted by molar-refractivity contribution is 5.79. The number of aromatic nitrogens is 5. The predicted octanol–water partition coefficient (Wildman–Crippen LogP) is 4.99. The van der Waals surface area contributed by atoms with Crippen molar-refractivity contribution in [3.63, 3.8) is 0 Å². The van der Waals surface area contributed by atoms with Gasteiger partial charge in [-0.1, -0.05) is 12.1 Å². The average Bonchev–Trinajstić information content (AvgIpc) is 3.15. The Bertz CT molecular complexity index is 1380.